The van der Waals surface area contributed by atoms with Gasteiger partial charge in [-0.2, -0.15) is 0 Å². The standard InChI is InChI=1S/C11H15IN2O2/c1-8(16-2)7-13-11(15)14-10-5-3-9(12)4-6-10/h3-6,8H,7H2,1-2H3,(H2,13,14,15). The lowest BCUT2D eigenvalue weighted by atomic mass is 10.3. The molecule has 2 amide bonds. The van der Waals surface area contributed by atoms with Gasteiger partial charge in [0.1, 0.15) is 0 Å². The van der Waals surface area contributed by atoms with Crippen molar-refractivity contribution >= 4 is 34.3 Å². The Morgan fingerprint density at radius 1 is 1.44 bits per heavy atom. The highest BCUT2D eigenvalue weighted by Crippen LogP contribution is 2.10. The maximum absolute atomic E-state index is 11.4. The molecular weight excluding hydrogens is 319 g/mol. The number of hydrogen-bond donors (Lipinski definition) is 2. The highest BCUT2D eigenvalue weighted by Gasteiger charge is 2.03. The maximum atomic E-state index is 11.4. The van der Waals surface area contributed by atoms with Gasteiger partial charge >= 0.3 is 6.03 Å². The van der Waals surface area contributed by atoms with E-state index in [9.17, 15) is 4.79 Å². The minimum Gasteiger partial charge on any atom is -0.380 e. The summed E-state index contributed by atoms with van der Waals surface area (Å²) in [6, 6.07) is 7.38. The molecule has 1 aromatic rings. The number of carbonyl (C=O) groups is 1. The second kappa shape index (κ2) is 6.70. The van der Waals surface area contributed by atoms with Crippen LogP contribution < -0.4 is 10.6 Å². The molecule has 0 aliphatic carbocycles. The Hall–Kier alpha value is -0.820. The van der Waals surface area contributed by atoms with Crippen molar-refractivity contribution in [3.63, 3.8) is 0 Å². The Balaban J connectivity index is 2.37. The van der Waals surface area contributed by atoms with Gasteiger partial charge in [-0.05, 0) is 53.8 Å². The summed E-state index contributed by atoms with van der Waals surface area (Å²) in [7, 11) is 1.61. The smallest absolute Gasteiger partial charge is 0.319 e. The molecule has 0 bridgehead atoms. The third-order valence-electron chi connectivity index (χ3n) is 2.05. The number of amides is 2. The second-order valence-corrected chi connectivity index (χ2v) is 4.63. The molecule has 2 N–H and O–H groups in total. The third kappa shape index (κ3) is 4.80. The molecule has 0 aliphatic rings. The van der Waals surface area contributed by atoms with Crippen molar-refractivity contribution in [1.82, 2.24) is 5.32 Å². The quantitative estimate of drug-likeness (QED) is 0.831. The first kappa shape index (κ1) is 13.2. The van der Waals surface area contributed by atoms with Crippen LogP contribution in [0, 0.1) is 3.57 Å². The van der Waals surface area contributed by atoms with E-state index in [4.69, 9.17) is 4.74 Å². The van der Waals surface area contributed by atoms with E-state index in [1.54, 1.807) is 7.11 Å². The summed E-state index contributed by atoms with van der Waals surface area (Å²) >= 11 is 2.22. The second-order valence-electron chi connectivity index (χ2n) is 3.39. The van der Waals surface area contributed by atoms with Crippen molar-refractivity contribution in [2.45, 2.75) is 13.0 Å². The topological polar surface area (TPSA) is 50.4 Å². The molecular formula is C11H15IN2O2. The number of rotatable bonds is 4. The minimum atomic E-state index is -0.217. The van der Waals surface area contributed by atoms with Gasteiger partial charge in [-0.1, -0.05) is 0 Å². The molecule has 0 radical (unpaired) electrons. The maximum Gasteiger partial charge on any atom is 0.319 e. The molecule has 0 saturated heterocycles. The van der Waals surface area contributed by atoms with E-state index in [0.717, 1.165) is 9.26 Å². The van der Waals surface area contributed by atoms with Crippen molar-refractivity contribution in [3.8, 4) is 0 Å². The number of carbonyl (C=O) groups excluding carboxylic acids is 1. The Bertz CT molecular complexity index is 340. The van der Waals surface area contributed by atoms with Gasteiger partial charge < -0.3 is 15.4 Å². The largest absolute Gasteiger partial charge is 0.380 e. The molecule has 1 aromatic carbocycles. The highest BCUT2D eigenvalue weighted by molar-refractivity contribution is 14.1. The van der Waals surface area contributed by atoms with E-state index in [2.05, 4.69) is 33.2 Å². The number of urea groups is 1. The summed E-state index contributed by atoms with van der Waals surface area (Å²) in [6.45, 7) is 2.39. The fourth-order valence-electron chi connectivity index (χ4n) is 1.03. The van der Waals surface area contributed by atoms with E-state index < -0.39 is 0 Å². The Labute approximate surface area is 109 Å². The zero-order valence-electron chi connectivity index (χ0n) is 9.29. The van der Waals surface area contributed by atoms with E-state index in [1.165, 1.54) is 0 Å². The van der Waals surface area contributed by atoms with E-state index >= 15 is 0 Å². The van der Waals surface area contributed by atoms with Crippen LogP contribution in [0.5, 0.6) is 0 Å². The normalized spacial score (nSPS) is 11.9. The van der Waals surface area contributed by atoms with Gasteiger partial charge in [-0.3, -0.25) is 0 Å². The molecule has 0 aliphatic heterocycles. The summed E-state index contributed by atoms with van der Waals surface area (Å²) in [5, 5.41) is 5.46. The molecule has 1 rings (SSSR count). The summed E-state index contributed by atoms with van der Waals surface area (Å²) < 4.78 is 6.16. The van der Waals surface area contributed by atoms with E-state index in [0.29, 0.717) is 6.54 Å². The lowest BCUT2D eigenvalue weighted by molar-refractivity contribution is 0.119. The van der Waals surface area contributed by atoms with Gasteiger partial charge in [0.05, 0.1) is 6.10 Å². The third-order valence-corrected chi connectivity index (χ3v) is 2.77. The molecule has 4 nitrogen and oxygen atoms in total. The Morgan fingerprint density at radius 3 is 2.62 bits per heavy atom. The van der Waals surface area contributed by atoms with Gasteiger partial charge in [-0.15, -0.1) is 0 Å². The zero-order valence-corrected chi connectivity index (χ0v) is 11.4. The first-order chi connectivity index (χ1) is 7.61. The first-order valence-corrected chi connectivity index (χ1v) is 6.03. The SMILES string of the molecule is COC(C)CNC(=O)Nc1ccc(I)cc1. The number of ether oxygens (including phenoxy) is 1. The molecule has 16 heavy (non-hydrogen) atoms. The first-order valence-electron chi connectivity index (χ1n) is 4.95. The molecule has 0 spiro atoms. The number of methoxy groups -OCH3 is 1. The van der Waals surface area contributed by atoms with Crippen molar-refractivity contribution in [2.75, 3.05) is 19.0 Å². The summed E-state index contributed by atoms with van der Waals surface area (Å²) in [5.41, 5.74) is 0.781. The van der Waals surface area contributed by atoms with Crippen LogP contribution in [0.3, 0.4) is 0 Å². The summed E-state index contributed by atoms with van der Waals surface area (Å²) in [5.74, 6) is 0. The van der Waals surface area contributed by atoms with E-state index in [-0.39, 0.29) is 12.1 Å². The van der Waals surface area contributed by atoms with E-state index in [1.807, 2.05) is 31.2 Å². The van der Waals surface area contributed by atoms with Crippen LogP contribution in [-0.2, 0) is 4.74 Å². The molecule has 88 valence electrons. The number of halogens is 1. The molecule has 0 fully saturated rings. The fourth-order valence-corrected chi connectivity index (χ4v) is 1.39. The van der Waals surface area contributed by atoms with Crippen LogP contribution in [0.4, 0.5) is 10.5 Å². The summed E-state index contributed by atoms with van der Waals surface area (Å²) in [6.07, 6.45) is 0.0162. The van der Waals surface area contributed by atoms with Crippen LogP contribution in [0.1, 0.15) is 6.92 Å². The molecule has 1 atom stereocenters. The van der Waals surface area contributed by atoms with Gasteiger partial charge in [0, 0.05) is 22.9 Å². The highest BCUT2D eigenvalue weighted by atomic mass is 127. The molecule has 1 unspecified atom stereocenters. The molecule has 0 aromatic heterocycles. The zero-order chi connectivity index (χ0) is 12.0. The van der Waals surface area contributed by atoms with Crippen molar-refractivity contribution in [2.24, 2.45) is 0 Å². The van der Waals surface area contributed by atoms with Gasteiger partial charge in [0.15, 0.2) is 0 Å². The molecule has 0 heterocycles. The lowest BCUT2D eigenvalue weighted by Gasteiger charge is -2.11. The van der Waals surface area contributed by atoms with Gasteiger partial charge in [0.25, 0.3) is 0 Å². The van der Waals surface area contributed by atoms with Crippen LogP contribution in [-0.4, -0.2) is 25.8 Å². The number of hydrogen-bond acceptors (Lipinski definition) is 2. The Kier molecular flexibility index (Phi) is 5.54. The van der Waals surface area contributed by atoms with Crippen molar-refractivity contribution in [1.29, 1.82) is 0 Å². The van der Waals surface area contributed by atoms with Crippen molar-refractivity contribution in [3.05, 3.63) is 27.8 Å². The number of anilines is 1. The lowest BCUT2D eigenvalue weighted by Crippen LogP contribution is -2.34. The number of benzene rings is 1. The average Bonchev–Trinajstić information content (AvgIpc) is 2.29. The van der Waals surface area contributed by atoms with Crippen molar-refractivity contribution < 1.29 is 9.53 Å². The summed E-state index contributed by atoms with van der Waals surface area (Å²) in [4.78, 5) is 11.4. The van der Waals surface area contributed by atoms with Crippen LogP contribution in [0.25, 0.3) is 0 Å². The molecule has 0 saturated carbocycles. The predicted molar refractivity (Wildman–Crippen MR) is 72.7 cm³/mol. The van der Waals surface area contributed by atoms with Gasteiger partial charge in [0.2, 0.25) is 0 Å². The predicted octanol–water partition coefficient (Wildman–Crippen LogP) is 2.45. The number of nitrogens with one attached hydrogen (secondary N) is 2. The van der Waals surface area contributed by atoms with Crippen LogP contribution in [0.15, 0.2) is 24.3 Å². The fraction of sp³-hybridized carbons (Fsp3) is 0.364. The van der Waals surface area contributed by atoms with Crippen LogP contribution >= 0.6 is 22.6 Å². The monoisotopic (exact) mass is 334 g/mol. The molecule has 5 heteroatoms. The van der Waals surface area contributed by atoms with Crippen LogP contribution in [0.2, 0.25) is 0 Å². The van der Waals surface area contributed by atoms with Gasteiger partial charge in [-0.25, -0.2) is 4.79 Å². The minimum absolute atomic E-state index is 0.0162. The average molecular weight is 334 g/mol. The Morgan fingerprint density at radius 2 is 2.06 bits per heavy atom.